The second kappa shape index (κ2) is 6.62. The van der Waals surface area contributed by atoms with Crippen LogP contribution in [0.3, 0.4) is 0 Å². The van der Waals surface area contributed by atoms with Gasteiger partial charge < -0.3 is 10.6 Å². The van der Waals surface area contributed by atoms with Crippen molar-refractivity contribution in [3.63, 3.8) is 0 Å². The van der Waals surface area contributed by atoms with E-state index >= 15 is 0 Å². The van der Waals surface area contributed by atoms with E-state index in [-0.39, 0.29) is 17.2 Å². The van der Waals surface area contributed by atoms with E-state index in [1.807, 2.05) is 6.92 Å². The van der Waals surface area contributed by atoms with Gasteiger partial charge in [0, 0.05) is 23.7 Å². The highest BCUT2D eigenvalue weighted by molar-refractivity contribution is 5.92. The minimum Gasteiger partial charge on any atom is -0.340 e. The van der Waals surface area contributed by atoms with Crippen LogP contribution in [0.2, 0.25) is 0 Å². The number of rotatable bonds is 3. The molecule has 1 aromatic heterocycles. The van der Waals surface area contributed by atoms with E-state index < -0.39 is 12.0 Å². The van der Waals surface area contributed by atoms with Crippen molar-refractivity contribution in [1.82, 2.24) is 9.97 Å². The lowest BCUT2D eigenvalue weighted by atomic mass is 10.1. The Morgan fingerprint density at radius 1 is 1.00 bits per heavy atom. The molecule has 0 aliphatic carbocycles. The van der Waals surface area contributed by atoms with Gasteiger partial charge in [0.15, 0.2) is 0 Å². The first-order chi connectivity index (χ1) is 12.2. The molecule has 0 fully saturated rings. The molecule has 0 saturated heterocycles. The molecule has 0 bridgehead atoms. The standard InChI is InChI=1S/C18H15F3N4O/c1-10-3-8-15-14(9-10)16(25-17(24-15)18(19,20)21)23-13-6-4-12(5-7-13)22-11(2)26/h3-9H,1-2H3,(H,22,26)(H,23,24,25). The molecule has 5 nitrogen and oxygen atoms in total. The third-order valence-electron chi connectivity index (χ3n) is 3.57. The summed E-state index contributed by atoms with van der Waals surface area (Å²) in [6, 6.07) is 11.5. The molecule has 0 aliphatic heterocycles. The summed E-state index contributed by atoms with van der Waals surface area (Å²) in [7, 11) is 0. The van der Waals surface area contributed by atoms with Gasteiger partial charge in [0.05, 0.1) is 5.52 Å². The molecular weight excluding hydrogens is 345 g/mol. The lowest BCUT2D eigenvalue weighted by molar-refractivity contribution is -0.144. The first-order valence-electron chi connectivity index (χ1n) is 7.72. The van der Waals surface area contributed by atoms with Crippen molar-refractivity contribution in [3.05, 3.63) is 53.9 Å². The molecule has 2 N–H and O–H groups in total. The van der Waals surface area contributed by atoms with Crippen LogP contribution >= 0.6 is 0 Å². The average molecular weight is 360 g/mol. The first-order valence-corrected chi connectivity index (χ1v) is 7.72. The highest BCUT2D eigenvalue weighted by atomic mass is 19.4. The molecular formula is C18H15F3N4O. The molecule has 26 heavy (non-hydrogen) atoms. The molecule has 8 heteroatoms. The monoisotopic (exact) mass is 360 g/mol. The fraction of sp³-hybridized carbons (Fsp3) is 0.167. The van der Waals surface area contributed by atoms with Crippen LogP contribution in [0.1, 0.15) is 18.3 Å². The summed E-state index contributed by atoms with van der Waals surface area (Å²) in [6.45, 7) is 3.23. The smallest absolute Gasteiger partial charge is 0.340 e. The molecule has 0 atom stereocenters. The Morgan fingerprint density at radius 2 is 1.65 bits per heavy atom. The predicted octanol–water partition coefficient (Wildman–Crippen LogP) is 4.66. The van der Waals surface area contributed by atoms with E-state index in [1.54, 1.807) is 36.4 Å². The number of nitrogens with one attached hydrogen (secondary N) is 2. The lowest BCUT2D eigenvalue weighted by Gasteiger charge is -2.13. The van der Waals surface area contributed by atoms with Crippen molar-refractivity contribution in [2.45, 2.75) is 20.0 Å². The van der Waals surface area contributed by atoms with Crippen molar-refractivity contribution in [2.75, 3.05) is 10.6 Å². The third-order valence-corrected chi connectivity index (χ3v) is 3.57. The highest BCUT2D eigenvalue weighted by Crippen LogP contribution is 2.32. The number of carbonyl (C=O) groups excluding carboxylic acids is 1. The van der Waals surface area contributed by atoms with E-state index in [1.165, 1.54) is 13.0 Å². The number of benzene rings is 2. The zero-order valence-corrected chi connectivity index (χ0v) is 14.0. The maximum Gasteiger partial charge on any atom is 0.451 e. The van der Waals surface area contributed by atoms with Crippen molar-refractivity contribution in [1.29, 1.82) is 0 Å². The van der Waals surface area contributed by atoms with Gasteiger partial charge in [-0.15, -0.1) is 0 Å². The molecule has 0 unspecified atom stereocenters. The number of hydrogen-bond donors (Lipinski definition) is 2. The maximum atomic E-state index is 13.1. The zero-order chi connectivity index (χ0) is 18.9. The van der Waals surface area contributed by atoms with Gasteiger partial charge in [0.25, 0.3) is 0 Å². The number of aryl methyl sites for hydroxylation is 1. The highest BCUT2D eigenvalue weighted by Gasteiger charge is 2.35. The molecule has 134 valence electrons. The fourth-order valence-electron chi connectivity index (χ4n) is 2.44. The number of amides is 1. The van der Waals surface area contributed by atoms with Crippen LogP contribution in [0.5, 0.6) is 0 Å². The molecule has 2 aromatic carbocycles. The summed E-state index contributed by atoms with van der Waals surface area (Å²) >= 11 is 0. The van der Waals surface area contributed by atoms with Crippen LogP contribution in [0.4, 0.5) is 30.4 Å². The van der Waals surface area contributed by atoms with Crippen LogP contribution in [-0.4, -0.2) is 15.9 Å². The molecule has 0 spiro atoms. The van der Waals surface area contributed by atoms with E-state index in [2.05, 4.69) is 20.6 Å². The lowest BCUT2D eigenvalue weighted by Crippen LogP contribution is -2.12. The Balaban J connectivity index is 2.02. The summed E-state index contributed by atoms with van der Waals surface area (Å²) in [5.74, 6) is -1.35. The van der Waals surface area contributed by atoms with Gasteiger partial charge in [0.1, 0.15) is 5.82 Å². The van der Waals surface area contributed by atoms with Gasteiger partial charge in [0.2, 0.25) is 11.7 Å². The average Bonchev–Trinajstić information content (AvgIpc) is 2.55. The third kappa shape index (κ3) is 3.90. The zero-order valence-electron chi connectivity index (χ0n) is 14.0. The van der Waals surface area contributed by atoms with Gasteiger partial charge in [-0.2, -0.15) is 13.2 Å². The number of fused-ring (bicyclic) bond motifs is 1. The second-order valence-electron chi connectivity index (χ2n) is 5.80. The first kappa shape index (κ1) is 17.7. The van der Waals surface area contributed by atoms with Crippen LogP contribution in [-0.2, 0) is 11.0 Å². The second-order valence-corrected chi connectivity index (χ2v) is 5.80. The van der Waals surface area contributed by atoms with Crippen molar-refractivity contribution in [2.24, 2.45) is 0 Å². The number of alkyl halides is 3. The number of nitrogens with zero attached hydrogens (tertiary/aromatic N) is 2. The fourth-order valence-corrected chi connectivity index (χ4v) is 2.44. The Hall–Kier alpha value is -3.16. The van der Waals surface area contributed by atoms with Gasteiger partial charge in [-0.1, -0.05) is 11.6 Å². The maximum absolute atomic E-state index is 13.1. The van der Waals surface area contributed by atoms with E-state index in [0.29, 0.717) is 16.8 Å². The SMILES string of the molecule is CC(=O)Nc1ccc(Nc2nc(C(F)(F)F)nc3ccc(C)cc23)cc1. The van der Waals surface area contributed by atoms with Gasteiger partial charge in [-0.05, 0) is 43.3 Å². The Bertz CT molecular complexity index is 969. The van der Waals surface area contributed by atoms with Crippen LogP contribution in [0.25, 0.3) is 10.9 Å². The van der Waals surface area contributed by atoms with Gasteiger partial charge in [-0.25, -0.2) is 9.97 Å². The Labute approximate surface area is 147 Å². The molecule has 0 radical (unpaired) electrons. The molecule has 3 aromatic rings. The Kier molecular flexibility index (Phi) is 4.50. The largest absolute Gasteiger partial charge is 0.451 e. The topological polar surface area (TPSA) is 66.9 Å². The van der Waals surface area contributed by atoms with E-state index in [0.717, 1.165) is 5.56 Å². The van der Waals surface area contributed by atoms with Crippen LogP contribution in [0, 0.1) is 6.92 Å². The van der Waals surface area contributed by atoms with Crippen molar-refractivity contribution >= 4 is 34.0 Å². The Morgan fingerprint density at radius 3 is 2.27 bits per heavy atom. The van der Waals surface area contributed by atoms with Crippen molar-refractivity contribution in [3.8, 4) is 0 Å². The minimum absolute atomic E-state index is 0.0679. The quantitative estimate of drug-likeness (QED) is 0.713. The van der Waals surface area contributed by atoms with Crippen LogP contribution in [0.15, 0.2) is 42.5 Å². The summed E-state index contributed by atoms with van der Waals surface area (Å²) < 4.78 is 39.3. The number of aromatic nitrogens is 2. The predicted molar refractivity (Wildman–Crippen MR) is 93.3 cm³/mol. The molecule has 1 heterocycles. The summed E-state index contributed by atoms with van der Waals surface area (Å²) in [4.78, 5) is 18.3. The molecule has 1 amide bonds. The summed E-state index contributed by atoms with van der Waals surface area (Å²) in [5.41, 5.74) is 2.20. The summed E-state index contributed by atoms with van der Waals surface area (Å²) in [5, 5.41) is 6.01. The molecule has 0 aliphatic rings. The molecule has 3 rings (SSSR count). The van der Waals surface area contributed by atoms with E-state index in [9.17, 15) is 18.0 Å². The van der Waals surface area contributed by atoms with E-state index in [4.69, 9.17) is 0 Å². The summed E-state index contributed by atoms with van der Waals surface area (Å²) in [6.07, 6.45) is -4.65. The normalized spacial score (nSPS) is 11.4. The van der Waals surface area contributed by atoms with Gasteiger partial charge in [-0.3, -0.25) is 4.79 Å². The number of halogens is 3. The van der Waals surface area contributed by atoms with Crippen LogP contribution < -0.4 is 10.6 Å². The van der Waals surface area contributed by atoms with Crippen molar-refractivity contribution < 1.29 is 18.0 Å². The minimum atomic E-state index is -4.65. The number of carbonyl (C=O) groups is 1. The van der Waals surface area contributed by atoms with Gasteiger partial charge >= 0.3 is 6.18 Å². The number of hydrogen-bond acceptors (Lipinski definition) is 4. The number of anilines is 3. The molecule has 0 saturated carbocycles.